The molecule has 0 amide bonds. The minimum atomic E-state index is -1.28. The van der Waals surface area contributed by atoms with Gasteiger partial charge in [-0.05, 0) is 44.4 Å². The minimum Gasteiger partial charge on any atom is -0.550 e. The Morgan fingerprint density at radius 1 is 1.11 bits per heavy atom. The fourth-order valence-corrected chi connectivity index (χ4v) is 5.40. The van der Waals surface area contributed by atoms with Crippen LogP contribution in [0.15, 0.2) is 0 Å². The number of rotatable bonds is 4. The smallest absolute Gasteiger partial charge is 0.550 e. The van der Waals surface area contributed by atoms with Crippen molar-refractivity contribution in [1.82, 2.24) is 0 Å². The zero-order chi connectivity index (χ0) is 19.4. The van der Waals surface area contributed by atoms with Crippen LogP contribution in [0.2, 0.25) is 0 Å². The number of hydrogen-bond donors (Lipinski definition) is 0. The molecule has 4 saturated heterocycles. The first-order valence-electron chi connectivity index (χ1n) is 9.84. The van der Waals surface area contributed by atoms with E-state index in [9.17, 15) is 14.7 Å². The summed E-state index contributed by atoms with van der Waals surface area (Å²) in [6, 6.07) is 0. The van der Waals surface area contributed by atoms with Crippen molar-refractivity contribution >= 4 is 11.9 Å². The van der Waals surface area contributed by atoms with E-state index in [0.717, 1.165) is 19.3 Å². The summed E-state index contributed by atoms with van der Waals surface area (Å²) in [5, 5.41) is 10.6. The molecule has 1 spiro atoms. The molecule has 8 nitrogen and oxygen atoms in total. The van der Waals surface area contributed by atoms with Gasteiger partial charge in [-0.2, -0.15) is 0 Å². The molecule has 4 heterocycles. The predicted octanol–water partition coefficient (Wildman–Crippen LogP) is -1.73. The molecule has 5 rings (SSSR count). The number of ether oxygens (including phenoxy) is 3. The average molecular weight is 406 g/mol. The van der Waals surface area contributed by atoms with E-state index >= 15 is 0 Å². The first-order valence-corrected chi connectivity index (χ1v) is 9.84. The predicted molar refractivity (Wildman–Crippen MR) is 87.2 cm³/mol. The first-order chi connectivity index (χ1) is 12.7. The van der Waals surface area contributed by atoms with Gasteiger partial charge in [0.2, 0.25) is 12.1 Å². The Labute approximate surface area is 186 Å². The van der Waals surface area contributed by atoms with Crippen LogP contribution in [0.3, 0.4) is 0 Å². The van der Waals surface area contributed by atoms with Gasteiger partial charge in [-0.3, -0.25) is 4.79 Å². The molecule has 28 heavy (non-hydrogen) atoms. The number of esters is 1. The van der Waals surface area contributed by atoms with E-state index in [4.69, 9.17) is 24.0 Å². The second kappa shape index (κ2) is 8.13. The molecule has 0 N–H and O–H groups in total. The Morgan fingerprint density at radius 2 is 1.86 bits per heavy atom. The second-order valence-corrected chi connectivity index (χ2v) is 8.64. The molecule has 1 saturated carbocycles. The van der Waals surface area contributed by atoms with Crippen molar-refractivity contribution in [3.05, 3.63) is 0 Å². The van der Waals surface area contributed by atoms with Crippen molar-refractivity contribution in [2.45, 2.75) is 83.3 Å². The minimum absolute atomic E-state index is 0. The molecule has 1 unspecified atom stereocenters. The molecule has 9 heteroatoms. The maximum absolute atomic E-state index is 12.0. The third-order valence-electron chi connectivity index (χ3n) is 6.88. The van der Waals surface area contributed by atoms with E-state index in [1.807, 2.05) is 13.8 Å². The molecule has 5 fully saturated rings. The maximum atomic E-state index is 12.0. The fourth-order valence-electron chi connectivity index (χ4n) is 5.40. The van der Waals surface area contributed by atoms with Crippen LogP contribution < -0.4 is 34.7 Å². The van der Waals surface area contributed by atoms with Gasteiger partial charge in [0.25, 0.3) is 0 Å². The van der Waals surface area contributed by atoms with Crippen LogP contribution in [-0.4, -0.2) is 35.9 Å². The third-order valence-corrected chi connectivity index (χ3v) is 6.88. The van der Waals surface area contributed by atoms with Crippen LogP contribution in [0.4, 0.5) is 0 Å². The van der Waals surface area contributed by atoms with Crippen LogP contribution in [0.25, 0.3) is 0 Å². The molecule has 5 aliphatic rings. The molecule has 0 radical (unpaired) electrons. The number of carbonyl (C=O) groups is 2. The Bertz CT molecular complexity index is 629. The first kappa shape index (κ1) is 22.5. The van der Waals surface area contributed by atoms with E-state index in [2.05, 4.69) is 6.92 Å². The van der Waals surface area contributed by atoms with Crippen LogP contribution in [0.1, 0.15) is 59.3 Å². The van der Waals surface area contributed by atoms with E-state index in [1.165, 1.54) is 0 Å². The molecule has 2 bridgehead atoms. The van der Waals surface area contributed by atoms with Crippen molar-refractivity contribution in [2.75, 3.05) is 0 Å². The molecule has 0 aromatic carbocycles. The number of aliphatic carboxylic acids is 1. The molecule has 1 aliphatic carbocycles. The summed E-state index contributed by atoms with van der Waals surface area (Å²) in [5.74, 6) is -2.17. The van der Waals surface area contributed by atoms with Gasteiger partial charge in [-0.25, -0.2) is 9.78 Å². The van der Waals surface area contributed by atoms with Gasteiger partial charge < -0.3 is 24.1 Å². The molecule has 152 valence electrons. The van der Waals surface area contributed by atoms with Crippen molar-refractivity contribution < 1.29 is 68.2 Å². The monoisotopic (exact) mass is 406 g/mol. The Hall–Kier alpha value is -0.220. The molecule has 0 aromatic rings. The third kappa shape index (κ3) is 3.66. The summed E-state index contributed by atoms with van der Waals surface area (Å²) in [6.45, 7) is 6.04. The van der Waals surface area contributed by atoms with E-state index < -0.39 is 35.9 Å². The standard InChI is InChI=1S/C19H28O8.Na/c1-10-4-5-13-11(2)16(23-15(22)7-6-14(20)21)24-17-19(13)12(10)8-9-18(3,25-17)26-27-19;/h10-13,16-17H,4-9H2,1-3H3,(H,20,21);/q;+1/p-1/t10-,11-,12+,13+,16?,17-,18-,19-;/m1./s1. The Balaban J connectivity index is 0.00000225. The molecule has 4 aliphatic heterocycles. The zero-order valence-electron chi connectivity index (χ0n) is 17.0. The summed E-state index contributed by atoms with van der Waals surface area (Å²) in [4.78, 5) is 34.4. The SMILES string of the molecule is C[C@@H]1CC[C@H]2[C@@H](C)C(OC(=O)CCC(=O)[O-])O[C@@H]3O[C@@]4(C)CC[C@@H]1[C@]32OO4.[Na+]. The quantitative estimate of drug-likeness (QED) is 0.308. The van der Waals surface area contributed by atoms with E-state index in [0.29, 0.717) is 12.3 Å². The topological polar surface area (TPSA) is 103 Å². The van der Waals surface area contributed by atoms with Gasteiger partial charge in [0.15, 0.2) is 11.9 Å². The number of carboxylic acid groups (broad SMARTS) is 1. The number of carbonyl (C=O) groups excluding carboxylic acids is 2. The summed E-state index contributed by atoms with van der Waals surface area (Å²) >= 11 is 0. The van der Waals surface area contributed by atoms with Gasteiger partial charge in [0.05, 0.1) is 6.42 Å². The van der Waals surface area contributed by atoms with Crippen molar-refractivity contribution in [3.63, 3.8) is 0 Å². The second-order valence-electron chi connectivity index (χ2n) is 8.64. The summed E-state index contributed by atoms with van der Waals surface area (Å²) in [6.07, 6.45) is 1.48. The number of hydrogen-bond acceptors (Lipinski definition) is 8. The van der Waals surface area contributed by atoms with Crippen LogP contribution in [0.5, 0.6) is 0 Å². The fraction of sp³-hybridized carbons (Fsp3) is 0.895. The number of fused-ring (bicyclic) bond motifs is 2. The van der Waals surface area contributed by atoms with Crippen molar-refractivity contribution in [1.29, 1.82) is 0 Å². The van der Waals surface area contributed by atoms with Gasteiger partial charge in [-0.1, -0.05) is 13.8 Å². The van der Waals surface area contributed by atoms with Crippen molar-refractivity contribution in [3.8, 4) is 0 Å². The molecular weight excluding hydrogens is 379 g/mol. The van der Waals surface area contributed by atoms with Crippen LogP contribution in [0, 0.1) is 23.7 Å². The zero-order valence-corrected chi connectivity index (χ0v) is 19.0. The van der Waals surface area contributed by atoms with Crippen LogP contribution >= 0.6 is 0 Å². The largest absolute Gasteiger partial charge is 1.00 e. The van der Waals surface area contributed by atoms with Crippen molar-refractivity contribution in [2.24, 2.45) is 23.7 Å². The van der Waals surface area contributed by atoms with Crippen LogP contribution in [-0.2, 0) is 33.6 Å². The summed E-state index contributed by atoms with van der Waals surface area (Å²) in [5.41, 5.74) is -0.707. The number of carboxylic acids is 1. The Morgan fingerprint density at radius 3 is 2.57 bits per heavy atom. The van der Waals surface area contributed by atoms with Gasteiger partial charge >= 0.3 is 35.5 Å². The van der Waals surface area contributed by atoms with E-state index in [-0.39, 0.29) is 60.2 Å². The normalized spacial score (nSPS) is 46.7. The van der Waals surface area contributed by atoms with E-state index in [1.54, 1.807) is 0 Å². The van der Waals surface area contributed by atoms with Gasteiger partial charge in [-0.15, -0.1) is 0 Å². The van der Waals surface area contributed by atoms with Gasteiger partial charge in [0, 0.05) is 24.2 Å². The summed E-state index contributed by atoms with van der Waals surface area (Å²) < 4.78 is 17.7. The molecule has 8 atom stereocenters. The summed E-state index contributed by atoms with van der Waals surface area (Å²) in [7, 11) is 0. The Kier molecular flexibility index (Phi) is 6.53. The molecule has 0 aromatic heterocycles. The van der Waals surface area contributed by atoms with Gasteiger partial charge in [0.1, 0.15) is 0 Å². The molecular formula is C19H27NaO8. The maximum Gasteiger partial charge on any atom is 1.00 e. The average Bonchev–Trinajstić information content (AvgIpc) is 2.84.